The Morgan fingerprint density at radius 1 is 1.16 bits per heavy atom. The number of carbonyl (C=O) groups excluding carboxylic acids is 4. The fourth-order valence-electron chi connectivity index (χ4n) is 6.88. The standard InChI is InChI=1S/C35H52N2O8/c1-12-27-35(13-2,45-33(41)37-15-14-36-19-37)18-22(5)28(38)21(4)17-34(10,11)30(25(8)29(39)26(9)31(40)43-27)44-32-24(7)20(3)16-23(6)42-32/h13-15,18-21,23-27,30,32H,2,12,16-17H2,1,3-11H3/b22-18+/t20-,21+,23+,24+,25-,26+,27+,30+,32?,35-/m0/s1. The van der Waals surface area contributed by atoms with Crippen molar-refractivity contribution in [3.63, 3.8) is 0 Å². The molecule has 10 atom stereocenters. The van der Waals surface area contributed by atoms with Crippen LogP contribution in [0, 0.1) is 35.0 Å². The molecule has 1 saturated heterocycles. The van der Waals surface area contributed by atoms with E-state index in [4.69, 9.17) is 18.9 Å². The van der Waals surface area contributed by atoms with Gasteiger partial charge in [0.15, 0.2) is 23.5 Å². The number of ketones is 2. The van der Waals surface area contributed by atoms with Crippen LogP contribution in [-0.2, 0) is 33.3 Å². The zero-order valence-corrected chi connectivity index (χ0v) is 28.6. The largest absolute Gasteiger partial charge is 0.457 e. The van der Waals surface area contributed by atoms with Gasteiger partial charge < -0.3 is 18.9 Å². The van der Waals surface area contributed by atoms with Crippen LogP contribution < -0.4 is 0 Å². The van der Waals surface area contributed by atoms with Gasteiger partial charge >= 0.3 is 12.1 Å². The van der Waals surface area contributed by atoms with Crippen LogP contribution in [0.2, 0.25) is 0 Å². The molecule has 3 rings (SSSR count). The molecule has 10 heteroatoms. The highest BCUT2D eigenvalue weighted by molar-refractivity contribution is 6.00. The van der Waals surface area contributed by atoms with Crippen LogP contribution in [0.4, 0.5) is 4.79 Å². The van der Waals surface area contributed by atoms with Crippen LogP contribution in [0.1, 0.15) is 88.5 Å². The summed E-state index contributed by atoms with van der Waals surface area (Å²) >= 11 is 0. The molecule has 10 nitrogen and oxygen atoms in total. The van der Waals surface area contributed by atoms with E-state index in [1.165, 1.54) is 37.8 Å². The number of allylic oxidation sites excluding steroid dienone is 1. The van der Waals surface area contributed by atoms with Crippen LogP contribution in [0.15, 0.2) is 43.0 Å². The molecule has 2 aliphatic heterocycles. The number of rotatable bonds is 5. The van der Waals surface area contributed by atoms with Gasteiger partial charge in [-0.3, -0.25) is 14.4 Å². The zero-order valence-electron chi connectivity index (χ0n) is 28.6. The molecule has 0 aliphatic carbocycles. The fraction of sp³-hybridized carbons (Fsp3) is 0.686. The number of nitrogens with zero attached hydrogens (tertiary/aromatic N) is 2. The molecule has 0 amide bonds. The van der Waals surface area contributed by atoms with Gasteiger partial charge in [0, 0.05) is 30.1 Å². The van der Waals surface area contributed by atoms with E-state index in [9.17, 15) is 19.2 Å². The van der Waals surface area contributed by atoms with Gasteiger partial charge in [-0.25, -0.2) is 14.3 Å². The number of imidazole rings is 1. The number of Topliss-reactive ketones (excluding diaryl/α,β-unsaturated/α-hetero) is 2. The van der Waals surface area contributed by atoms with Gasteiger partial charge in [0.05, 0.1) is 12.2 Å². The summed E-state index contributed by atoms with van der Waals surface area (Å²) in [5.41, 5.74) is -2.06. The molecule has 1 aromatic heterocycles. The van der Waals surface area contributed by atoms with Crippen molar-refractivity contribution in [2.24, 2.45) is 35.0 Å². The third-order valence-electron chi connectivity index (χ3n) is 9.67. The fourth-order valence-corrected chi connectivity index (χ4v) is 6.88. The van der Waals surface area contributed by atoms with Crippen molar-refractivity contribution in [3.8, 4) is 0 Å². The molecule has 3 heterocycles. The average molecular weight is 629 g/mol. The number of cyclic esters (lactones) is 1. The molecule has 0 N–H and O–H groups in total. The van der Waals surface area contributed by atoms with Crippen molar-refractivity contribution >= 4 is 23.6 Å². The molecule has 0 saturated carbocycles. The van der Waals surface area contributed by atoms with Gasteiger partial charge in [-0.05, 0) is 69.1 Å². The highest BCUT2D eigenvalue weighted by atomic mass is 16.7. The van der Waals surface area contributed by atoms with E-state index in [2.05, 4.69) is 25.4 Å². The molecule has 250 valence electrons. The van der Waals surface area contributed by atoms with Crippen molar-refractivity contribution in [1.82, 2.24) is 9.55 Å². The quantitative estimate of drug-likeness (QED) is 0.209. The Bertz CT molecular complexity index is 1270. The number of carbonyl (C=O) groups is 4. The molecule has 0 spiro atoms. The first-order valence-corrected chi connectivity index (χ1v) is 16.1. The number of ether oxygens (including phenoxy) is 4. The normalized spacial score (nSPS) is 38.0. The van der Waals surface area contributed by atoms with E-state index in [0.717, 1.165) is 11.0 Å². The van der Waals surface area contributed by atoms with Gasteiger partial charge in [-0.15, -0.1) is 0 Å². The summed E-state index contributed by atoms with van der Waals surface area (Å²) in [4.78, 5) is 58.6. The molecule has 1 aromatic rings. The lowest BCUT2D eigenvalue weighted by molar-refractivity contribution is -0.267. The summed E-state index contributed by atoms with van der Waals surface area (Å²) < 4.78 is 25.9. The van der Waals surface area contributed by atoms with E-state index in [1.54, 1.807) is 20.8 Å². The molecule has 0 aromatic carbocycles. The second-order valence-electron chi connectivity index (χ2n) is 13.9. The van der Waals surface area contributed by atoms with Gasteiger partial charge in [-0.2, -0.15) is 0 Å². The maximum Gasteiger partial charge on any atom is 0.420 e. The summed E-state index contributed by atoms with van der Waals surface area (Å²) in [5, 5.41) is 0. The molecule has 2 aliphatic rings. The number of aromatic nitrogens is 2. The third kappa shape index (κ3) is 8.01. The first kappa shape index (κ1) is 36.4. The van der Waals surface area contributed by atoms with Crippen molar-refractivity contribution in [2.45, 2.75) is 119 Å². The predicted octanol–water partition coefficient (Wildman–Crippen LogP) is 6.33. The molecular weight excluding hydrogens is 576 g/mol. The van der Waals surface area contributed by atoms with E-state index in [1.807, 2.05) is 27.7 Å². The van der Waals surface area contributed by atoms with E-state index < -0.39 is 59.3 Å². The van der Waals surface area contributed by atoms with Crippen LogP contribution in [0.25, 0.3) is 0 Å². The molecule has 1 fully saturated rings. The van der Waals surface area contributed by atoms with Crippen molar-refractivity contribution in [3.05, 3.63) is 43.0 Å². The molecule has 45 heavy (non-hydrogen) atoms. The Labute approximate surface area is 267 Å². The highest BCUT2D eigenvalue weighted by Gasteiger charge is 2.48. The minimum absolute atomic E-state index is 0.00463. The Morgan fingerprint density at radius 2 is 1.82 bits per heavy atom. The lowest BCUT2D eigenvalue weighted by Gasteiger charge is -2.45. The van der Waals surface area contributed by atoms with E-state index >= 15 is 0 Å². The second-order valence-corrected chi connectivity index (χ2v) is 13.9. The second kappa shape index (κ2) is 14.5. The molecule has 0 radical (unpaired) electrons. The van der Waals surface area contributed by atoms with Crippen LogP contribution >= 0.6 is 0 Å². The zero-order chi connectivity index (χ0) is 33.9. The average Bonchev–Trinajstić information content (AvgIpc) is 3.53. The molecule has 1 unspecified atom stereocenters. The maximum atomic E-state index is 14.0. The first-order chi connectivity index (χ1) is 21.0. The summed E-state index contributed by atoms with van der Waals surface area (Å²) in [6.45, 7) is 22.7. The topological polar surface area (TPSA) is 123 Å². The highest BCUT2D eigenvalue weighted by Crippen LogP contribution is 2.41. The minimum atomic E-state index is -1.70. The van der Waals surface area contributed by atoms with E-state index in [0.29, 0.717) is 17.9 Å². The maximum absolute atomic E-state index is 14.0. The van der Waals surface area contributed by atoms with Gasteiger partial charge in [0.25, 0.3) is 0 Å². The predicted molar refractivity (Wildman–Crippen MR) is 169 cm³/mol. The van der Waals surface area contributed by atoms with Crippen molar-refractivity contribution < 1.29 is 38.1 Å². The SMILES string of the molecule is C=C[C@]1(OC(=O)n2ccnc2)/C=C(\C)C(=O)[C@H](C)CC(C)(C)[C@H](OC2O[C@H](C)C[C@H](C)[C@H]2C)[C@@H](C)C(=O)[C@@H](C)C(=O)O[C@@H]1CC. The lowest BCUT2D eigenvalue weighted by Crippen LogP contribution is -2.51. The summed E-state index contributed by atoms with van der Waals surface area (Å²) in [5.74, 6) is -3.21. The van der Waals surface area contributed by atoms with Crippen LogP contribution in [0.3, 0.4) is 0 Å². The Kier molecular flexibility index (Phi) is 11.7. The smallest absolute Gasteiger partial charge is 0.420 e. The van der Waals surface area contributed by atoms with Crippen LogP contribution in [-0.4, -0.2) is 63.4 Å². The van der Waals surface area contributed by atoms with E-state index in [-0.39, 0.29) is 30.0 Å². The Morgan fingerprint density at radius 3 is 2.40 bits per heavy atom. The lowest BCUT2D eigenvalue weighted by atomic mass is 9.70. The van der Waals surface area contributed by atoms with Gasteiger partial charge in [0.2, 0.25) is 0 Å². The number of hydrogen-bond acceptors (Lipinski definition) is 9. The van der Waals surface area contributed by atoms with Gasteiger partial charge in [0.1, 0.15) is 18.3 Å². The summed E-state index contributed by atoms with van der Waals surface area (Å²) in [6, 6.07) is 0. The van der Waals surface area contributed by atoms with Gasteiger partial charge in [-0.1, -0.05) is 55.0 Å². The molecule has 0 bridgehead atoms. The first-order valence-electron chi connectivity index (χ1n) is 16.1. The summed E-state index contributed by atoms with van der Waals surface area (Å²) in [6.07, 6.45) is 5.39. The Hall–Kier alpha value is -3.11. The monoisotopic (exact) mass is 628 g/mol. The molecular formula is C35H52N2O8. The van der Waals surface area contributed by atoms with Crippen molar-refractivity contribution in [1.29, 1.82) is 0 Å². The number of esters is 1. The minimum Gasteiger partial charge on any atom is -0.457 e. The van der Waals surface area contributed by atoms with Crippen molar-refractivity contribution in [2.75, 3.05) is 0 Å². The third-order valence-corrected chi connectivity index (χ3v) is 9.67. The van der Waals surface area contributed by atoms with Crippen LogP contribution in [0.5, 0.6) is 0 Å². The number of hydrogen-bond donors (Lipinski definition) is 0. The Balaban J connectivity index is 2.10. The summed E-state index contributed by atoms with van der Waals surface area (Å²) in [7, 11) is 0.